The van der Waals surface area contributed by atoms with Crippen molar-refractivity contribution in [2.45, 2.75) is 58.0 Å². The molecular weight excluding hydrogens is 371 g/mol. The van der Waals surface area contributed by atoms with Crippen LogP contribution in [0.5, 0.6) is 23.0 Å². The molecule has 0 amide bonds. The van der Waals surface area contributed by atoms with E-state index in [-0.39, 0.29) is 28.0 Å². The first-order chi connectivity index (χ1) is 12.8. The SMILES string of the molecule is COc1cc(C(P)c2cc(OC)cc(C(C)(C)C)c2O)c(O)c(C(C)(C)C)c1. The van der Waals surface area contributed by atoms with Gasteiger partial charge in [-0.1, -0.05) is 41.5 Å². The highest BCUT2D eigenvalue weighted by atomic mass is 31.0. The van der Waals surface area contributed by atoms with Crippen molar-refractivity contribution in [2.75, 3.05) is 14.2 Å². The summed E-state index contributed by atoms with van der Waals surface area (Å²) in [4.78, 5) is 0. The van der Waals surface area contributed by atoms with Gasteiger partial charge < -0.3 is 19.7 Å². The van der Waals surface area contributed by atoms with Gasteiger partial charge in [-0.25, -0.2) is 0 Å². The number of benzene rings is 2. The lowest BCUT2D eigenvalue weighted by Crippen LogP contribution is -2.14. The van der Waals surface area contributed by atoms with E-state index in [0.29, 0.717) is 22.6 Å². The summed E-state index contributed by atoms with van der Waals surface area (Å²) in [5, 5.41) is 22.1. The standard InChI is InChI=1S/C23H33O4P/c1-22(2,3)17-11-13(26-7)9-15(19(17)24)21(28)16-10-14(27-8)12-18(20(16)25)23(4,5)6/h9-12,21,24-25H,28H2,1-8H3. The average Bonchev–Trinajstić information content (AvgIpc) is 2.59. The van der Waals surface area contributed by atoms with E-state index in [0.717, 1.165) is 11.1 Å². The van der Waals surface area contributed by atoms with Crippen molar-refractivity contribution in [1.82, 2.24) is 0 Å². The molecular formula is C23H33O4P. The van der Waals surface area contributed by atoms with E-state index in [1.165, 1.54) is 0 Å². The summed E-state index contributed by atoms with van der Waals surface area (Å²) in [7, 11) is 5.96. The highest BCUT2D eigenvalue weighted by Crippen LogP contribution is 2.48. The molecule has 4 nitrogen and oxygen atoms in total. The lowest BCUT2D eigenvalue weighted by molar-refractivity contribution is 0.400. The van der Waals surface area contributed by atoms with Gasteiger partial charge in [0.25, 0.3) is 0 Å². The molecule has 0 aromatic heterocycles. The normalized spacial score (nSPS) is 12.4. The highest BCUT2D eigenvalue weighted by Gasteiger charge is 2.28. The number of phenols is 2. The van der Waals surface area contributed by atoms with Gasteiger partial charge in [-0.2, -0.15) is 0 Å². The van der Waals surface area contributed by atoms with Gasteiger partial charge >= 0.3 is 0 Å². The van der Waals surface area contributed by atoms with Crippen LogP contribution in [0.25, 0.3) is 0 Å². The summed E-state index contributed by atoms with van der Waals surface area (Å²) < 4.78 is 11.0. The Morgan fingerprint density at radius 2 is 1.04 bits per heavy atom. The van der Waals surface area contributed by atoms with Crippen molar-refractivity contribution >= 4 is 9.24 Å². The van der Waals surface area contributed by atoms with Gasteiger partial charge in [0, 0.05) is 27.9 Å². The topological polar surface area (TPSA) is 58.9 Å². The number of phenolic OH excluding ortho intramolecular Hbond substituents is 2. The summed E-state index contributed by atoms with van der Waals surface area (Å²) in [6, 6.07) is 7.36. The van der Waals surface area contributed by atoms with Gasteiger partial charge in [-0.3, -0.25) is 0 Å². The highest BCUT2D eigenvalue weighted by molar-refractivity contribution is 7.17. The molecule has 5 heteroatoms. The molecule has 28 heavy (non-hydrogen) atoms. The molecule has 2 N–H and O–H groups in total. The van der Waals surface area contributed by atoms with Gasteiger partial charge in [-0.05, 0) is 35.1 Å². The summed E-state index contributed by atoms with van der Waals surface area (Å²) in [6.07, 6.45) is 0. The van der Waals surface area contributed by atoms with Crippen LogP contribution >= 0.6 is 9.24 Å². The zero-order valence-corrected chi connectivity index (χ0v) is 19.3. The van der Waals surface area contributed by atoms with E-state index >= 15 is 0 Å². The van der Waals surface area contributed by atoms with Crippen molar-refractivity contribution in [3.05, 3.63) is 46.5 Å². The lowest BCUT2D eigenvalue weighted by Gasteiger charge is -2.27. The molecule has 0 aliphatic carbocycles. The van der Waals surface area contributed by atoms with E-state index in [9.17, 15) is 10.2 Å². The maximum absolute atomic E-state index is 11.0. The van der Waals surface area contributed by atoms with Gasteiger partial charge in [0.1, 0.15) is 23.0 Å². The molecule has 2 aromatic carbocycles. The third-order valence-electron chi connectivity index (χ3n) is 4.98. The smallest absolute Gasteiger partial charge is 0.123 e. The first-order valence-electron chi connectivity index (χ1n) is 9.39. The quantitative estimate of drug-likeness (QED) is 0.644. The Kier molecular flexibility index (Phi) is 6.25. The molecule has 0 fully saturated rings. The van der Waals surface area contributed by atoms with Gasteiger partial charge in [0.15, 0.2) is 0 Å². The van der Waals surface area contributed by atoms with Crippen molar-refractivity contribution in [2.24, 2.45) is 0 Å². The molecule has 0 saturated carbocycles. The second-order valence-electron chi connectivity index (χ2n) is 9.20. The largest absolute Gasteiger partial charge is 0.507 e. The molecule has 0 aliphatic rings. The van der Waals surface area contributed by atoms with Crippen LogP contribution in [0.1, 0.15) is 69.5 Å². The molecule has 2 aromatic rings. The Balaban J connectivity index is 2.75. The minimum atomic E-state index is -0.340. The molecule has 0 radical (unpaired) electrons. The summed E-state index contributed by atoms with van der Waals surface area (Å²) >= 11 is 0. The Morgan fingerprint density at radius 1 is 0.714 bits per heavy atom. The predicted octanol–water partition coefficient (Wildman–Crippen LogP) is 5.67. The van der Waals surface area contributed by atoms with Crippen LogP contribution in [-0.2, 0) is 10.8 Å². The third-order valence-corrected chi connectivity index (χ3v) is 5.70. The number of aromatic hydroxyl groups is 2. The summed E-state index contributed by atoms with van der Waals surface area (Å²) in [5.74, 6) is 1.77. The second-order valence-corrected chi connectivity index (χ2v) is 9.87. The van der Waals surface area contributed by atoms with E-state index in [4.69, 9.17) is 9.47 Å². The molecule has 0 saturated heterocycles. The average molecular weight is 404 g/mol. The first-order valence-corrected chi connectivity index (χ1v) is 10.1. The summed E-state index contributed by atoms with van der Waals surface area (Å²) in [5.41, 5.74) is 2.10. The fourth-order valence-electron chi connectivity index (χ4n) is 3.28. The fourth-order valence-corrected chi connectivity index (χ4v) is 3.79. The molecule has 0 spiro atoms. The molecule has 0 heterocycles. The van der Waals surface area contributed by atoms with Crippen molar-refractivity contribution in [3.63, 3.8) is 0 Å². The Morgan fingerprint density at radius 3 is 1.29 bits per heavy atom. The van der Waals surface area contributed by atoms with Crippen LogP contribution in [0.15, 0.2) is 24.3 Å². The van der Waals surface area contributed by atoms with E-state index in [2.05, 4.69) is 9.24 Å². The van der Waals surface area contributed by atoms with Gasteiger partial charge in [0.05, 0.1) is 14.2 Å². The molecule has 2 rings (SSSR count). The molecule has 1 unspecified atom stereocenters. The minimum Gasteiger partial charge on any atom is -0.507 e. The Labute approximate surface area is 171 Å². The van der Waals surface area contributed by atoms with Crippen LogP contribution in [0, 0.1) is 0 Å². The summed E-state index contributed by atoms with van der Waals surface area (Å²) in [6.45, 7) is 12.3. The van der Waals surface area contributed by atoms with Crippen molar-refractivity contribution < 1.29 is 19.7 Å². The molecule has 0 bridgehead atoms. The van der Waals surface area contributed by atoms with Crippen molar-refractivity contribution in [1.29, 1.82) is 0 Å². The van der Waals surface area contributed by atoms with Gasteiger partial charge in [0.2, 0.25) is 0 Å². The first kappa shape index (κ1) is 22.4. The van der Waals surface area contributed by atoms with E-state index < -0.39 is 0 Å². The van der Waals surface area contributed by atoms with Crippen LogP contribution < -0.4 is 9.47 Å². The lowest BCUT2D eigenvalue weighted by atomic mass is 9.82. The van der Waals surface area contributed by atoms with E-state index in [1.807, 2.05) is 65.8 Å². The number of rotatable bonds is 4. The fraction of sp³-hybridized carbons (Fsp3) is 0.478. The molecule has 154 valence electrons. The maximum Gasteiger partial charge on any atom is 0.123 e. The Bertz CT molecular complexity index is 789. The zero-order valence-electron chi connectivity index (χ0n) is 18.2. The second kappa shape index (κ2) is 7.83. The van der Waals surface area contributed by atoms with Crippen LogP contribution in [0.2, 0.25) is 0 Å². The van der Waals surface area contributed by atoms with E-state index in [1.54, 1.807) is 14.2 Å². The minimum absolute atomic E-state index is 0.216. The third kappa shape index (κ3) is 4.38. The molecule has 1 atom stereocenters. The number of ether oxygens (including phenoxy) is 2. The number of hydrogen-bond acceptors (Lipinski definition) is 4. The van der Waals surface area contributed by atoms with Crippen LogP contribution in [-0.4, -0.2) is 24.4 Å². The Hall–Kier alpha value is -1.93. The monoisotopic (exact) mass is 404 g/mol. The van der Waals surface area contributed by atoms with Crippen LogP contribution in [0.4, 0.5) is 0 Å². The van der Waals surface area contributed by atoms with Gasteiger partial charge in [-0.15, -0.1) is 9.24 Å². The van der Waals surface area contributed by atoms with Crippen molar-refractivity contribution in [3.8, 4) is 23.0 Å². The number of hydrogen-bond donors (Lipinski definition) is 2. The maximum atomic E-state index is 11.0. The molecule has 0 aliphatic heterocycles. The number of methoxy groups -OCH3 is 2. The zero-order chi connectivity index (χ0) is 21.4. The van der Waals surface area contributed by atoms with Crippen LogP contribution in [0.3, 0.4) is 0 Å². The predicted molar refractivity (Wildman–Crippen MR) is 118 cm³/mol.